The van der Waals surface area contributed by atoms with Crippen molar-refractivity contribution in [3.05, 3.63) is 0 Å². The lowest BCUT2D eigenvalue weighted by Gasteiger charge is -2.42. The molecule has 6 rings (SSSR count). The minimum absolute atomic E-state index is 0.140. The number of rotatable bonds is 6. The molecule has 34 heavy (non-hydrogen) atoms. The van der Waals surface area contributed by atoms with Gasteiger partial charge in [0.25, 0.3) is 0 Å². The smallest absolute Gasteiger partial charge is 0.320 e. The quantitative estimate of drug-likeness (QED) is 0.417. The van der Waals surface area contributed by atoms with Gasteiger partial charge in [-0.25, -0.2) is 0 Å². The molecule has 4 saturated heterocycles. The molecule has 0 aromatic carbocycles. The number of ether oxygens (including phenoxy) is 5. The van der Waals surface area contributed by atoms with Crippen LogP contribution in [-0.4, -0.2) is 85.7 Å². The van der Waals surface area contributed by atoms with Gasteiger partial charge in [-0.3, -0.25) is 19.3 Å². The summed E-state index contributed by atoms with van der Waals surface area (Å²) in [6.07, 6.45) is 6.96. The van der Waals surface area contributed by atoms with Crippen LogP contribution in [0.3, 0.4) is 0 Å². The third-order valence-electron chi connectivity index (χ3n) is 9.00. The van der Waals surface area contributed by atoms with Crippen LogP contribution >= 0.6 is 0 Å². The number of hydrogen-bond acceptors (Lipinski definition) is 9. The van der Waals surface area contributed by atoms with Crippen LogP contribution in [0.15, 0.2) is 0 Å². The molecule has 6 atom stereocenters. The summed E-state index contributed by atoms with van der Waals surface area (Å²) in [6, 6.07) is 0. The predicted octanol–water partition coefficient (Wildman–Crippen LogP) is 1.61. The van der Waals surface area contributed by atoms with Crippen LogP contribution in [0.1, 0.15) is 57.8 Å². The van der Waals surface area contributed by atoms with E-state index in [0.717, 1.165) is 38.5 Å². The highest BCUT2D eigenvalue weighted by atomic mass is 16.7. The average molecular weight is 478 g/mol. The van der Waals surface area contributed by atoms with Crippen molar-refractivity contribution in [2.24, 2.45) is 17.8 Å². The van der Waals surface area contributed by atoms with E-state index >= 15 is 0 Å². The second-order valence-corrected chi connectivity index (χ2v) is 10.9. The van der Waals surface area contributed by atoms with Crippen LogP contribution in [0, 0.1) is 17.8 Å². The summed E-state index contributed by atoms with van der Waals surface area (Å²) in [7, 11) is 0. The van der Waals surface area contributed by atoms with Crippen molar-refractivity contribution in [3.8, 4) is 0 Å². The Bertz CT molecular complexity index is 814. The molecule has 188 valence electrons. The zero-order chi connectivity index (χ0) is 23.3. The Kier molecular flexibility index (Phi) is 6.06. The predicted molar refractivity (Wildman–Crippen MR) is 117 cm³/mol. The van der Waals surface area contributed by atoms with Gasteiger partial charge in [-0.2, -0.15) is 0 Å². The van der Waals surface area contributed by atoms with Crippen LogP contribution in [-0.2, 0) is 38.1 Å². The van der Waals surface area contributed by atoms with Gasteiger partial charge in [-0.15, -0.1) is 0 Å². The van der Waals surface area contributed by atoms with Crippen molar-refractivity contribution in [1.29, 1.82) is 0 Å². The fourth-order valence-electron chi connectivity index (χ4n) is 7.33. The zero-order valence-corrected chi connectivity index (χ0v) is 19.7. The molecule has 0 aromatic rings. The third-order valence-corrected chi connectivity index (χ3v) is 9.00. The molecule has 0 N–H and O–H groups in total. The average Bonchev–Trinajstić information content (AvgIpc) is 3.60. The van der Waals surface area contributed by atoms with Gasteiger partial charge in [-0.05, 0) is 44.4 Å². The SMILES string of the molecule is O=C(CN1CCOCC1)OC1C2OC(=O)C3C2OC1C3C(=O)OC1(C2CCCC2)CCCCC1. The van der Waals surface area contributed by atoms with E-state index in [1.807, 2.05) is 4.90 Å². The molecular formula is C25H35NO8. The Labute approximate surface area is 199 Å². The number of hydrogen-bond donors (Lipinski definition) is 0. The number of esters is 3. The highest BCUT2D eigenvalue weighted by Gasteiger charge is 2.72. The standard InChI is InChI=1S/C25H35NO8/c27-16(14-26-10-12-30-13-11-26)31-21-20-18(17-19(32-20)22(21)33-23(17)28)24(29)34-25(8-4-1-5-9-25)15-6-2-3-7-15/h15,17-22H,1-14H2. The first kappa shape index (κ1) is 22.7. The number of carbonyl (C=O) groups is 3. The van der Waals surface area contributed by atoms with E-state index in [4.69, 9.17) is 23.7 Å². The van der Waals surface area contributed by atoms with Gasteiger partial charge in [0.2, 0.25) is 0 Å². The molecule has 4 aliphatic heterocycles. The maximum atomic E-state index is 13.7. The van der Waals surface area contributed by atoms with Gasteiger partial charge in [0.15, 0.2) is 12.2 Å². The van der Waals surface area contributed by atoms with E-state index in [1.165, 1.54) is 19.3 Å². The van der Waals surface area contributed by atoms with Crippen molar-refractivity contribution in [2.75, 3.05) is 32.8 Å². The first-order valence-electron chi connectivity index (χ1n) is 13.1. The second kappa shape index (κ2) is 9.06. The molecule has 2 bridgehead atoms. The molecule has 0 spiro atoms. The van der Waals surface area contributed by atoms with Gasteiger partial charge in [0, 0.05) is 13.1 Å². The van der Waals surface area contributed by atoms with Crippen molar-refractivity contribution in [3.63, 3.8) is 0 Å². The van der Waals surface area contributed by atoms with Crippen molar-refractivity contribution in [2.45, 2.75) is 87.8 Å². The Morgan fingerprint density at radius 2 is 1.71 bits per heavy atom. The summed E-state index contributed by atoms with van der Waals surface area (Å²) in [5.41, 5.74) is -0.432. The first-order chi connectivity index (χ1) is 16.6. The van der Waals surface area contributed by atoms with Gasteiger partial charge >= 0.3 is 17.9 Å². The van der Waals surface area contributed by atoms with Crippen molar-refractivity contribution >= 4 is 17.9 Å². The van der Waals surface area contributed by atoms with Gasteiger partial charge in [0.1, 0.15) is 29.6 Å². The van der Waals surface area contributed by atoms with E-state index in [0.29, 0.717) is 32.2 Å². The lowest BCUT2D eigenvalue weighted by Crippen LogP contribution is -2.52. The van der Waals surface area contributed by atoms with Crippen molar-refractivity contribution < 1.29 is 38.1 Å². The van der Waals surface area contributed by atoms with Crippen LogP contribution in [0.25, 0.3) is 0 Å². The number of carbonyl (C=O) groups excluding carboxylic acids is 3. The maximum Gasteiger partial charge on any atom is 0.320 e. The molecule has 9 nitrogen and oxygen atoms in total. The highest BCUT2D eigenvalue weighted by molar-refractivity contribution is 5.87. The molecule has 6 unspecified atom stereocenters. The largest absolute Gasteiger partial charge is 0.458 e. The van der Waals surface area contributed by atoms with E-state index in [1.54, 1.807) is 0 Å². The summed E-state index contributed by atoms with van der Waals surface area (Å²) in [5.74, 6) is -2.27. The van der Waals surface area contributed by atoms with Gasteiger partial charge < -0.3 is 23.7 Å². The molecule has 2 saturated carbocycles. The Hall–Kier alpha value is -1.71. The fourth-order valence-corrected chi connectivity index (χ4v) is 7.33. The van der Waals surface area contributed by atoms with E-state index in [2.05, 4.69) is 0 Å². The lowest BCUT2D eigenvalue weighted by molar-refractivity contribution is -0.183. The van der Waals surface area contributed by atoms with Crippen molar-refractivity contribution in [1.82, 2.24) is 4.90 Å². The lowest BCUT2D eigenvalue weighted by atomic mass is 9.74. The van der Waals surface area contributed by atoms with Crippen LogP contribution in [0.5, 0.6) is 0 Å². The summed E-state index contributed by atoms with van der Waals surface area (Å²) in [5, 5.41) is 0. The maximum absolute atomic E-state index is 13.7. The Morgan fingerprint density at radius 1 is 0.971 bits per heavy atom. The molecule has 2 aliphatic carbocycles. The number of nitrogens with zero attached hydrogens (tertiary/aromatic N) is 1. The van der Waals surface area contributed by atoms with Crippen LogP contribution < -0.4 is 0 Å². The van der Waals surface area contributed by atoms with E-state index in [-0.39, 0.29) is 12.5 Å². The van der Waals surface area contributed by atoms with Gasteiger partial charge in [0.05, 0.1) is 19.8 Å². The van der Waals surface area contributed by atoms with Crippen LogP contribution in [0.2, 0.25) is 0 Å². The molecule has 4 heterocycles. The van der Waals surface area contributed by atoms with E-state index < -0.39 is 53.8 Å². The summed E-state index contributed by atoms with van der Waals surface area (Å²) < 4.78 is 29.1. The summed E-state index contributed by atoms with van der Waals surface area (Å²) >= 11 is 0. The Balaban J connectivity index is 1.17. The molecular weight excluding hydrogens is 442 g/mol. The van der Waals surface area contributed by atoms with E-state index in [9.17, 15) is 14.4 Å². The topological polar surface area (TPSA) is 101 Å². The second-order valence-electron chi connectivity index (χ2n) is 10.9. The molecule has 9 heteroatoms. The zero-order valence-electron chi connectivity index (χ0n) is 19.7. The fraction of sp³-hybridized carbons (Fsp3) is 0.880. The summed E-state index contributed by atoms with van der Waals surface area (Å²) in [4.78, 5) is 41.1. The molecule has 0 radical (unpaired) electrons. The van der Waals surface area contributed by atoms with Gasteiger partial charge in [-0.1, -0.05) is 19.3 Å². The summed E-state index contributed by atoms with van der Waals surface area (Å²) in [6.45, 7) is 2.65. The first-order valence-corrected chi connectivity index (χ1v) is 13.1. The van der Waals surface area contributed by atoms with Crippen LogP contribution in [0.4, 0.5) is 0 Å². The minimum atomic E-state index is -0.780. The molecule has 0 amide bonds. The number of fused-ring (bicyclic) bond motifs is 1. The highest BCUT2D eigenvalue weighted by Crippen LogP contribution is 2.53. The Morgan fingerprint density at radius 3 is 2.44 bits per heavy atom. The number of morpholine rings is 1. The monoisotopic (exact) mass is 477 g/mol. The normalized spacial score (nSPS) is 39.2. The third kappa shape index (κ3) is 3.84. The molecule has 0 aromatic heterocycles. The molecule has 6 aliphatic rings. The minimum Gasteiger partial charge on any atom is -0.458 e. The molecule has 6 fully saturated rings.